The minimum absolute atomic E-state index is 0.514. The minimum Gasteiger partial charge on any atom is -0.487 e. The van der Waals surface area contributed by atoms with Gasteiger partial charge in [-0.25, -0.2) is 0 Å². The summed E-state index contributed by atoms with van der Waals surface area (Å²) in [6.45, 7) is 3.44. The fourth-order valence-electron chi connectivity index (χ4n) is 2.04. The van der Waals surface area contributed by atoms with E-state index in [1.165, 1.54) is 18.4 Å². The number of rotatable bonds is 6. The zero-order valence-corrected chi connectivity index (χ0v) is 11.8. The first kappa shape index (κ1) is 13.1. The molecular weight excluding hydrogens is 248 g/mol. The monoisotopic (exact) mass is 268 g/mol. The topological polar surface area (TPSA) is 34.1 Å². The van der Waals surface area contributed by atoms with E-state index in [9.17, 15) is 0 Å². The van der Waals surface area contributed by atoms with E-state index in [-0.39, 0.29) is 0 Å². The molecule has 0 unspecified atom stereocenters. The lowest BCUT2D eigenvalue weighted by atomic mass is 10.2. The summed E-state index contributed by atoms with van der Waals surface area (Å²) in [5.74, 6) is 0.888. The molecule has 0 amide bonds. The van der Waals surface area contributed by atoms with Crippen molar-refractivity contribution in [1.29, 1.82) is 0 Å². The summed E-state index contributed by atoms with van der Waals surface area (Å²) in [5, 5.41) is 3.48. The molecule has 20 heavy (non-hydrogen) atoms. The van der Waals surface area contributed by atoms with Gasteiger partial charge in [0.1, 0.15) is 12.4 Å². The molecular formula is C17H20N2O. The molecule has 0 aliphatic heterocycles. The van der Waals surface area contributed by atoms with Crippen LogP contribution in [0.25, 0.3) is 0 Å². The van der Waals surface area contributed by atoms with Crippen molar-refractivity contribution in [1.82, 2.24) is 10.3 Å². The molecule has 1 N–H and O–H groups in total. The molecule has 3 rings (SSSR count). The molecule has 0 atom stereocenters. The standard InChI is InChI=1S/C17H20N2O/c1-13-5-9-17(10-6-13)20-12-16-4-2-3-15(19-16)11-18-14-7-8-14/h2-6,9-10,14,18H,7-8,11-12H2,1H3. The van der Waals surface area contributed by atoms with Gasteiger partial charge in [0.25, 0.3) is 0 Å². The second kappa shape index (κ2) is 6.06. The lowest BCUT2D eigenvalue weighted by Gasteiger charge is -2.08. The van der Waals surface area contributed by atoms with Crippen LogP contribution in [0.4, 0.5) is 0 Å². The highest BCUT2D eigenvalue weighted by Crippen LogP contribution is 2.19. The maximum absolute atomic E-state index is 5.76. The largest absolute Gasteiger partial charge is 0.487 e. The predicted octanol–water partition coefficient (Wildman–Crippen LogP) is 3.22. The Morgan fingerprint density at radius 1 is 1.10 bits per heavy atom. The molecule has 1 aromatic carbocycles. The smallest absolute Gasteiger partial charge is 0.130 e. The first-order valence-electron chi connectivity index (χ1n) is 7.17. The van der Waals surface area contributed by atoms with E-state index < -0.39 is 0 Å². The average molecular weight is 268 g/mol. The number of aromatic nitrogens is 1. The van der Waals surface area contributed by atoms with Gasteiger partial charge in [0, 0.05) is 12.6 Å². The van der Waals surface area contributed by atoms with E-state index in [0.29, 0.717) is 12.6 Å². The Kier molecular flexibility index (Phi) is 3.97. The molecule has 3 nitrogen and oxygen atoms in total. The molecule has 104 valence electrons. The van der Waals surface area contributed by atoms with Crippen LogP contribution in [0.5, 0.6) is 5.75 Å². The molecule has 2 aromatic rings. The van der Waals surface area contributed by atoms with Gasteiger partial charge in [0.2, 0.25) is 0 Å². The summed E-state index contributed by atoms with van der Waals surface area (Å²) in [7, 11) is 0. The van der Waals surface area contributed by atoms with Crippen LogP contribution in [0.2, 0.25) is 0 Å². The summed E-state index contributed by atoms with van der Waals surface area (Å²) in [6, 6.07) is 14.9. The molecule has 0 radical (unpaired) electrons. The average Bonchev–Trinajstić information content (AvgIpc) is 3.29. The van der Waals surface area contributed by atoms with E-state index in [4.69, 9.17) is 4.74 Å². The Balaban J connectivity index is 1.56. The van der Waals surface area contributed by atoms with Crippen molar-refractivity contribution in [2.24, 2.45) is 0 Å². The molecule has 1 fully saturated rings. The molecule has 1 aromatic heterocycles. The van der Waals surface area contributed by atoms with Crippen LogP contribution in [0.1, 0.15) is 29.8 Å². The van der Waals surface area contributed by atoms with Gasteiger partial charge in [-0.05, 0) is 44.0 Å². The van der Waals surface area contributed by atoms with Gasteiger partial charge in [-0.15, -0.1) is 0 Å². The third kappa shape index (κ3) is 3.81. The zero-order chi connectivity index (χ0) is 13.8. The van der Waals surface area contributed by atoms with E-state index in [0.717, 1.165) is 23.7 Å². The van der Waals surface area contributed by atoms with Crippen LogP contribution in [-0.4, -0.2) is 11.0 Å². The molecule has 0 bridgehead atoms. The van der Waals surface area contributed by atoms with Crippen molar-refractivity contribution < 1.29 is 4.74 Å². The van der Waals surface area contributed by atoms with Crippen LogP contribution in [0.15, 0.2) is 42.5 Å². The molecule has 1 heterocycles. The number of benzene rings is 1. The van der Waals surface area contributed by atoms with E-state index in [1.807, 2.05) is 24.3 Å². The fraction of sp³-hybridized carbons (Fsp3) is 0.353. The molecule has 1 aliphatic rings. The Morgan fingerprint density at radius 2 is 1.85 bits per heavy atom. The van der Waals surface area contributed by atoms with Gasteiger partial charge in [-0.3, -0.25) is 4.98 Å². The number of nitrogens with one attached hydrogen (secondary N) is 1. The Hall–Kier alpha value is -1.87. The Bertz CT molecular complexity index is 561. The summed E-state index contributed by atoms with van der Waals surface area (Å²) < 4.78 is 5.76. The molecule has 1 saturated carbocycles. The van der Waals surface area contributed by atoms with Crippen LogP contribution in [0.3, 0.4) is 0 Å². The van der Waals surface area contributed by atoms with Gasteiger partial charge in [-0.2, -0.15) is 0 Å². The van der Waals surface area contributed by atoms with E-state index in [2.05, 4.69) is 35.4 Å². The second-order valence-corrected chi connectivity index (χ2v) is 5.38. The van der Waals surface area contributed by atoms with E-state index in [1.54, 1.807) is 0 Å². The quantitative estimate of drug-likeness (QED) is 0.873. The van der Waals surface area contributed by atoms with Crippen molar-refractivity contribution in [3.63, 3.8) is 0 Å². The van der Waals surface area contributed by atoms with Crippen LogP contribution in [0, 0.1) is 6.92 Å². The molecule has 0 spiro atoms. The number of pyridine rings is 1. The first-order valence-corrected chi connectivity index (χ1v) is 7.17. The SMILES string of the molecule is Cc1ccc(OCc2cccc(CNC3CC3)n2)cc1. The normalized spacial score (nSPS) is 14.2. The number of ether oxygens (including phenoxy) is 1. The number of hydrogen-bond acceptors (Lipinski definition) is 3. The molecule has 0 saturated heterocycles. The summed E-state index contributed by atoms with van der Waals surface area (Å²) in [5.41, 5.74) is 3.30. The number of nitrogens with zero attached hydrogens (tertiary/aromatic N) is 1. The summed E-state index contributed by atoms with van der Waals surface area (Å²) in [4.78, 5) is 4.62. The van der Waals surface area contributed by atoms with Crippen molar-refractivity contribution in [2.75, 3.05) is 0 Å². The van der Waals surface area contributed by atoms with Gasteiger partial charge >= 0.3 is 0 Å². The first-order chi connectivity index (χ1) is 9.79. The van der Waals surface area contributed by atoms with Crippen molar-refractivity contribution in [3.05, 3.63) is 59.4 Å². The van der Waals surface area contributed by atoms with Crippen LogP contribution >= 0.6 is 0 Å². The van der Waals surface area contributed by atoms with Crippen LogP contribution < -0.4 is 10.1 Å². The number of aryl methyl sites for hydroxylation is 1. The predicted molar refractivity (Wildman–Crippen MR) is 79.6 cm³/mol. The lowest BCUT2D eigenvalue weighted by molar-refractivity contribution is 0.301. The zero-order valence-electron chi connectivity index (χ0n) is 11.8. The van der Waals surface area contributed by atoms with E-state index >= 15 is 0 Å². The molecule has 3 heteroatoms. The fourth-order valence-corrected chi connectivity index (χ4v) is 2.04. The lowest BCUT2D eigenvalue weighted by Crippen LogP contribution is -2.16. The van der Waals surface area contributed by atoms with Gasteiger partial charge in [0.05, 0.1) is 11.4 Å². The molecule has 1 aliphatic carbocycles. The second-order valence-electron chi connectivity index (χ2n) is 5.38. The van der Waals surface area contributed by atoms with Crippen molar-refractivity contribution in [3.8, 4) is 5.75 Å². The summed E-state index contributed by atoms with van der Waals surface area (Å²) >= 11 is 0. The highest BCUT2D eigenvalue weighted by Gasteiger charge is 2.20. The highest BCUT2D eigenvalue weighted by atomic mass is 16.5. The Morgan fingerprint density at radius 3 is 2.60 bits per heavy atom. The van der Waals surface area contributed by atoms with Crippen LogP contribution in [-0.2, 0) is 13.2 Å². The number of hydrogen-bond donors (Lipinski definition) is 1. The third-order valence-corrected chi connectivity index (χ3v) is 3.42. The minimum atomic E-state index is 0.514. The maximum Gasteiger partial charge on any atom is 0.130 e. The van der Waals surface area contributed by atoms with Crippen molar-refractivity contribution in [2.45, 2.75) is 39.0 Å². The Labute approximate surface area is 120 Å². The highest BCUT2D eigenvalue weighted by molar-refractivity contribution is 5.26. The maximum atomic E-state index is 5.76. The van der Waals surface area contributed by atoms with Gasteiger partial charge in [-0.1, -0.05) is 23.8 Å². The summed E-state index contributed by atoms with van der Waals surface area (Å²) in [6.07, 6.45) is 2.60. The van der Waals surface area contributed by atoms with Gasteiger partial charge in [0.15, 0.2) is 0 Å². The van der Waals surface area contributed by atoms with Gasteiger partial charge < -0.3 is 10.1 Å². The van der Waals surface area contributed by atoms with Crippen molar-refractivity contribution >= 4 is 0 Å². The third-order valence-electron chi connectivity index (χ3n) is 3.42.